The molecular weight excluding hydrogens is 284 g/mol. The second-order valence-corrected chi connectivity index (χ2v) is 6.92. The van der Waals surface area contributed by atoms with Crippen LogP contribution in [0, 0.1) is 60.9 Å². The number of thioether (sulfide) groups is 1. The van der Waals surface area contributed by atoms with Crippen LogP contribution in [-0.2, 0) is 4.79 Å². The molecule has 0 aromatic carbocycles. The predicted octanol–water partition coefficient (Wildman–Crippen LogP) is 2.62. The van der Waals surface area contributed by atoms with Gasteiger partial charge in [0.25, 0.3) is 0 Å². The van der Waals surface area contributed by atoms with Crippen molar-refractivity contribution in [1.29, 1.82) is 21.2 Å². The monoisotopic (exact) mass is 299 g/mol. The normalized spacial score (nSPS) is 18.5. The molecule has 5 nitrogen and oxygen atoms in total. The smallest absolute Gasteiger partial charge is 0.234 e. The number of nitrogens with one attached hydrogen (secondary N) is 1. The Morgan fingerprint density at radius 1 is 1.24 bits per heavy atom. The van der Waals surface area contributed by atoms with Gasteiger partial charge < -0.3 is 0 Å². The molecule has 0 saturated heterocycles. The molecule has 0 aromatic heterocycles. The molecule has 0 heterocycles. The Kier molecular flexibility index (Phi) is 4.26. The minimum Gasteiger partial charge on any atom is -0.289 e. The lowest BCUT2D eigenvalue weighted by molar-refractivity contribution is -0.143. The fraction of sp³-hybridized carbons (Fsp3) is 0.533. The van der Waals surface area contributed by atoms with Crippen LogP contribution in [0.15, 0.2) is 5.57 Å². The van der Waals surface area contributed by atoms with Crippen molar-refractivity contribution in [3.8, 4) is 18.2 Å². The van der Waals surface area contributed by atoms with E-state index in [1.807, 2.05) is 18.0 Å². The van der Waals surface area contributed by atoms with E-state index in [4.69, 9.17) is 10.7 Å². The maximum Gasteiger partial charge on any atom is 0.234 e. The quantitative estimate of drug-likeness (QED) is 0.487. The number of carbonyl (C=O) groups is 1. The highest BCUT2D eigenvalue weighted by molar-refractivity contribution is 8.02. The Morgan fingerprint density at radius 2 is 1.71 bits per heavy atom. The van der Waals surface area contributed by atoms with Crippen LogP contribution in [0.4, 0.5) is 0 Å². The molecule has 1 saturated carbocycles. The third-order valence-electron chi connectivity index (χ3n) is 3.75. The number of ketones is 1. The summed E-state index contributed by atoms with van der Waals surface area (Å²) in [5, 5.41) is 35.5. The fourth-order valence-corrected chi connectivity index (χ4v) is 4.29. The van der Waals surface area contributed by atoms with E-state index < -0.39 is 16.2 Å². The molecule has 0 bridgehead atoms. The molecule has 6 heteroatoms. The maximum atomic E-state index is 12.1. The summed E-state index contributed by atoms with van der Waals surface area (Å²) >= 11 is 1.25. The van der Waals surface area contributed by atoms with Crippen LogP contribution in [0.3, 0.4) is 0 Å². The first kappa shape index (κ1) is 16.9. The van der Waals surface area contributed by atoms with Crippen molar-refractivity contribution in [3.05, 3.63) is 10.8 Å². The SMILES string of the molecule is CC1(C)C(=O)C(C)(C)[C+]1SCC(C#N)(C#N)C(=C=N)C#N. The first-order chi connectivity index (χ1) is 9.63. The zero-order valence-corrected chi connectivity index (χ0v) is 13.2. The molecule has 0 unspecified atom stereocenters. The predicted molar refractivity (Wildman–Crippen MR) is 78.8 cm³/mol. The molecule has 0 radical (unpaired) electrons. The number of rotatable bonds is 4. The van der Waals surface area contributed by atoms with Gasteiger partial charge in [-0.05, 0) is 33.6 Å². The van der Waals surface area contributed by atoms with Gasteiger partial charge in [0, 0.05) is 0 Å². The molecular formula is C15H15N4OS+. The standard InChI is InChI=1S/C15H15N4OS/c1-13(2)11(20)14(3,4)12(13)21-9-15(7-18,8-19)10(5-16)6-17/h16H,9H2,1-4H3/q+1. The first-order valence-corrected chi connectivity index (χ1v) is 7.21. The van der Waals surface area contributed by atoms with Gasteiger partial charge in [0.1, 0.15) is 11.6 Å². The van der Waals surface area contributed by atoms with Gasteiger partial charge in [-0.3, -0.25) is 10.2 Å². The maximum absolute atomic E-state index is 12.1. The highest BCUT2D eigenvalue weighted by Gasteiger charge is 2.74. The molecule has 0 spiro atoms. The number of nitrogens with zero attached hydrogens (tertiary/aromatic N) is 3. The Morgan fingerprint density at radius 3 is 2.05 bits per heavy atom. The van der Waals surface area contributed by atoms with Crippen LogP contribution >= 0.6 is 11.8 Å². The number of allylic oxidation sites excluding steroid dienone is 1. The second-order valence-electron chi connectivity index (χ2n) is 5.94. The molecule has 1 aliphatic carbocycles. The lowest BCUT2D eigenvalue weighted by Gasteiger charge is -2.43. The van der Waals surface area contributed by atoms with Crippen LogP contribution in [-0.4, -0.2) is 17.4 Å². The van der Waals surface area contributed by atoms with E-state index in [0.717, 1.165) is 5.25 Å². The molecule has 0 aliphatic heterocycles. The van der Waals surface area contributed by atoms with Gasteiger partial charge in [0.15, 0.2) is 21.5 Å². The topological polar surface area (TPSA) is 112 Å². The number of nitriles is 3. The summed E-state index contributed by atoms with van der Waals surface area (Å²) in [7, 11) is 0. The summed E-state index contributed by atoms with van der Waals surface area (Å²) < 4.78 is 0. The van der Waals surface area contributed by atoms with Gasteiger partial charge in [-0.15, -0.1) is 0 Å². The lowest BCUT2D eigenvalue weighted by Crippen LogP contribution is -2.57. The van der Waals surface area contributed by atoms with E-state index in [2.05, 4.69) is 0 Å². The van der Waals surface area contributed by atoms with Crippen molar-refractivity contribution in [2.24, 2.45) is 16.2 Å². The Hall–Kier alpha value is -2.19. The molecule has 0 atom stereocenters. The van der Waals surface area contributed by atoms with Gasteiger partial charge >= 0.3 is 0 Å². The molecule has 1 rings (SSSR count). The molecule has 1 fully saturated rings. The van der Waals surface area contributed by atoms with Gasteiger partial charge in [0.2, 0.25) is 5.78 Å². The van der Waals surface area contributed by atoms with Crippen molar-refractivity contribution in [2.75, 3.05) is 5.75 Å². The van der Waals surface area contributed by atoms with E-state index in [-0.39, 0.29) is 17.1 Å². The average molecular weight is 299 g/mol. The summed E-state index contributed by atoms with van der Waals surface area (Å²) in [6.07, 6.45) is 0. The minimum absolute atomic E-state index is 0.00421. The largest absolute Gasteiger partial charge is 0.289 e. The highest BCUT2D eigenvalue weighted by Crippen LogP contribution is 2.63. The molecule has 0 amide bonds. The molecule has 1 N–H and O–H groups in total. The van der Waals surface area contributed by atoms with Crippen LogP contribution in [0.1, 0.15) is 27.7 Å². The summed E-state index contributed by atoms with van der Waals surface area (Å²) in [6.45, 7) is 7.23. The average Bonchev–Trinajstić information content (AvgIpc) is 2.45. The number of hydrogen-bond donors (Lipinski definition) is 1. The Labute approximate surface area is 128 Å². The van der Waals surface area contributed by atoms with Crippen LogP contribution in [0.5, 0.6) is 0 Å². The lowest BCUT2D eigenvalue weighted by atomic mass is 9.54. The van der Waals surface area contributed by atoms with Crippen molar-refractivity contribution < 1.29 is 4.79 Å². The van der Waals surface area contributed by atoms with Crippen molar-refractivity contribution >= 4 is 23.4 Å². The van der Waals surface area contributed by atoms with Crippen LogP contribution < -0.4 is 0 Å². The first-order valence-electron chi connectivity index (χ1n) is 6.22. The third-order valence-corrected chi connectivity index (χ3v) is 5.64. The summed E-state index contributed by atoms with van der Waals surface area (Å²) in [4.78, 5) is 12.1. The summed E-state index contributed by atoms with van der Waals surface area (Å²) in [6, 6.07) is 5.32. The van der Waals surface area contributed by atoms with E-state index in [9.17, 15) is 15.3 Å². The molecule has 106 valence electrons. The van der Waals surface area contributed by atoms with Gasteiger partial charge in [-0.25, -0.2) is 0 Å². The summed E-state index contributed by atoms with van der Waals surface area (Å²) in [5.74, 6) is 1.99. The number of Topliss-reactive ketones (excluding diaryl/α,β-unsaturated/α-hetero) is 1. The number of hydrogen-bond acceptors (Lipinski definition) is 6. The van der Waals surface area contributed by atoms with E-state index >= 15 is 0 Å². The Bertz CT molecular complexity index is 619. The van der Waals surface area contributed by atoms with E-state index in [1.165, 1.54) is 11.8 Å². The molecule has 1 aliphatic rings. The zero-order valence-electron chi connectivity index (χ0n) is 12.4. The third kappa shape index (κ3) is 2.32. The fourth-order valence-electron chi connectivity index (χ4n) is 2.75. The van der Waals surface area contributed by atoms with E-state index in [0.29, 0.717) is 0 Å². The van der Waals surface area contributed by atoms with Gasteiger partial charge in [0.05, 0.1) is 29.7 Å². The van der Waals surface area contributed by atoms with E-state index in [1.54, 1.807) is 33.8 Å². The van der Waals surface area contributed by atoms with Crippen LogP contribution in [0.25, 0.3) is 0 Å². The van der Waals surface area contributed by atoms with Gasteiger partial charge in [-0.2, -0.15) is 15.8 Å². The van der Waals surface area contributed by atoms with Crippen LogP contribution in [0.2, 0.25) is 0 Å². The van der Waals surface area contributed by atoms with Gasteiger partial charge in [-0.1, -0.05) is 0 Å². The Balaban J connectivity index is 3.05. The van der Waals surface area contributed by atoms with Crippen molar-refractivity contribution in [2.45, 2.75) is 27.7 Å². The zero-order chi connectivity index (χ0) is 16.5. The highest BCUT2D eigenvalue weighted by atomic mass is 32.2. The van der Waals surface area contributed by atoms with Crippen molar-refractivity contribution in [1.82, 2.24) is 0 Å². The number of carbonyl (C=O) groups excluding carboxylic acids is 1. The molecule has 0 aromatic rings. The van der Waals surface area contributed by atoms with Crippen molar-refractivity contribution in [3.63, 3.8) is 0 Å². The summed E-state index contributed by atoms with van der Waals surface area (Å²) in [5.41, 5.74) is -3.22. The molecule has 21 heavy (non-hydrogen) atoms. The second kappa shape index (κ2) is 5.30. The minimum atomic E-state index is -1.71.